The molecule has 4 rings (SSSR count). The van der Waals surface area contributed by atoms with Crippen LogP contribution >= 0.6 is 11.6 Å². The average molecular weight is 334 g/mol. The Balaban J connectivity index is 1.54. The molecule has 0 aliphatic carbocycles. The number of piperidine rings is 1. The Hall–Kier alpha value is -1.07. The van der Waals surface area contributed by atoms with E-state index >= 15 is 0 Å². The highest BCUT2D eigenvalue weighted by molar-refractivity contribution is 6.35. The van der Waals surface area contributed by atoms with Gasteiger partial charge >= 0.3 is 0 Å². The van der Waals surface area contributed by atoms with Crippen LogP contribution in [0.1, 0.15) is 17.7 Å². The van der Waals surface area contributed by atoms with Gasteiger partial charge in [-0.15, -0.1) is 0 Å². The number of para-hydroxylation sites is 1. The number of benzene rings is 1. The summed E-state index contributed by atoms with van der Waals surface area (Å²) < 4.78 is 0. The van der Waals surface area contributed by atoms with Crippen molar-refractivity contribution in [2.45, 2.75) is 25.5 Å². The second-order valence-electron chi connectivity index (χ2n) is 7.11. The van der Waals surface area contributed by atoms with Gasteiger partial charge in [0, 0.05) is 56.1 Å². The van der Waals surface area contributed by atoms with Crippen LogP contribution in [-0.2, 0) is 13.0 Å². The molecule has 1 aromatic heterocycles. The Morgan fingerprint density at radius 2 is 2.22 bits per heavy atom. The zero-order chi connectivity index (χ0) is 16.0. The summed E-state index contributed by atoms with van der Waals surface area (Å²) in [7, 11) is 2.15. The molecule has 2 aliphatic rings. The predicted octanol–water partition coefficient (Wildman–Crippen LogP) is 2.49. The fourth-order valence-electron chi connectivity index (χ4n) is 4.13. The number of nitrogens with one attached hydrogen (secondary N) is 1. The first-order chi connectivity index (χ1) is 11.1. The maximum Gasteiger partial charge on any atom is 0.0648 e. The topological polar surface area (TPSA) is 42.5 Å². The van der Waals surface area contributed by atoms with Gasteiger partial charge in [0.1, 0.15) is 0 Å². The summed E-state index contributed by atoms with van der Waals surface area (Å²) in [5.74, 6) is 0.351. The molecule has 5 heteroatoms. The second-order valence-corrected chi connectivity index (χ2v) is 7.52. The molecule has 1 aromatic carbocycles. The fourth-order valence-corrected chi connectivity index (χ4v) is 4.35. The Bertz CT molecular complexity index is 714. The zero-order valence-electron chi connectivity index (χ0n) is 13.6. The van der Waals surface area contributed by atoms with E-state index in [4.69, 9.17) is 11.6 Å². The second kappa shape index (κ2) is 6.10. The molecular weight excluding hydrogens is 310 g/mol. The summed E-state index contributed by atoms with van der Waals surface area (Å²) in [6, 6.07) is 6.12. The number of aliphatic hydroxyl groups excluding tert-OH is 1. The number of H-pyrrole nitrogens is 1. The molecule has 1 saturated heterocycles. The van der Waals surface area contributed by atoms with E-state index < -0.39 is 0 Å². The van der Waals surface area contributed by atoms with Gasteiger partial charge < -0.3 is 15.0 Å². The number of fused-ring (bicyclic) bond motifs is 3. The molecule has 0 radical (unpaired) electrons. The van der Waals surface area contributed by atoms with Gasteiger partial charge in [0.15, 0.2) is 0 Å². The molecule has 0 bridgehead atoms. The van der Waals surface area contributed by atoms with Crippen LogP contribution in [0.4, 0.5) is 0 Å². The number of hydrogen-bond acceptors (Lipinski definition) is 3. The standard InChI is InChI=1S/C18H24ClN3O/c1-21-7-6-17(23)12(9-21)10-22-8-5-16-14(11-22)13-3-2-4-15(19)18(13)20-16/h2-4,12,17,20,23H,5-11H2,1H3. The summed E-state index contributed by atoms with van der Waals surface area (Å²) in [5.41, 5.74) is 3.77. The molecule has 2 atom stereocenters. The van der Waals surface area contributed by atoms with Gasteiger partial charge in [0.05, 0.1) is 16.6 Å². The molecular formula is C18H24ClN3O. The smallest absolute Gasteiger partial charge is 0.0648 e. The fraction of sp³-hybridized carbons (Fsp3) is 0.556. The van der Waals surface area contributed by atoms with Crippen LogP contribution in [0.15, 0.2) is 18.2 Å². The van der Waals surface area contributed by atoms with Crippen LogP contribution in [0.25, 0.3) is 10.9 Å². The lowest BCUT2D eigenvalue weighted by Gasteiger charge is -2.38. The van der Waals surface area contributed by atoms with Crippen molar-refractivity contribution in [2.24, 2.45) is 5.92 Å². The maximum absolute atomic E-state index is 10.3. The van der Waals surface area contributed by atoms with Crippen LogP contribution in [0.5, 0.6) is 0 Å². The molecule has 0 saturated carbocycles. The Morgan fingerprint density at radius 1 is 1.35 bits per heavy atom. The van der Waals surface area contributed by atoms with Crippen LogP contribution in [-0.4, -0.2) is 59.2 Å². The molecule has 0 amide bonds. The number of hydrogen-bond donors (Lipinski definition) is 2. The van der Waals surface area contributed by atoms with E-state index in [2.05, 4.69) is 27.9 Å². The molecule has 124 valence electrons. The quantitative estimate of drug-likeness (QED) is 0.887. The molecule has 2 N–H and O–H groups in total. The van der Waals surface area contributed by atoms with Crippen molar-refractivity contribution >= 4 is 22.5 Å². The van der Waals surface area contributed by atoms with E-state index in [-0.39, 0.29) is 6.10 Å². The number of halogens is 1. The van der Waals surface area contributed by atoms with Crippen LogP contribution in [0, 0.1) is 5.92 Å². The number of likely N-dealkylation sites (tertiary alicyclic amines) is 1. The van der Waals surface area contributed by atoms with Crippen molar-refractivity contribution < 1.29 is 5.11 Å². The highest BCUT2D eigenvalue weighted by atomic mass is 35.5. The van der Waals surface area contributed by atoms with Crippen LogP contribution in [0.3, 0.4) is 0 Å². The Labute approximate surface area is 142 Å². The molecule has 2 aromatic rings. The minimum absolute atomic E-state index is 0.162. The predicted molar refractivity (Wildman–Crippen MR) is 93.9 cm³/mol. The Kier molecular flexibility index (Phi) is 4.10. The van der Waals surface area contributed by atoms with Crippen molar-refractivity contribution in [3.8, 4) is 0 Å². The number of aromatic amines is 1. The number of aromatic nitrogens is 1. The van der Waals surface area contributed by atoms with Gasteiger partial charge in [-0.25, -0.2) is 0 Å². The average Bonchev–Trinajstić information content (AvgIpc) is 2.91. The monoisotopic (exact) mass is 333 g/mol. The first-order valence-corrected chi connectivity index (χ1v) is 8.86. The van der Waals surface area contributed by atoms with Gasteiger partial charge in [-0.3, -0.25) is 4.90 Å². The molecule has 2 aliphatic heterocycles. The lowest BCUT2D eigenvalue weighted by molar-refractivity contribution is 0.0156. The van der Waals surface area contributed by atoms with Crippen LogP contribution in [0.2, 0.25) is 5.02 Å². The first kappa shape index (κ1) is 15.5. The number of nitrogens with zero attached hydrogens (tertiary/aromatic N) is 2. The van der Waals surface area contributed by atoms with Crippen molar-refractivity contribution in [1.82, 2.24) is 14.8 Å². The molecule has 3 heterocycles. The van der Waals surface area contributed by atoms with Crippen molar-refractivity contribution in [2.75, 3.05) is 33.2 Å². The first-order valence-electron chi connectivity index (χ1n) is 8.48. The van der Waals surface area contributed by atoms with Gasteiger partial charge in [0.25, 0.3) is 0 Å². The molecule has 23 heavy (non-hydrogen) atoms. The summed E-state index contributed by atoms with van der Waals surface area (Å²) in [5, 5.41) is 12.4. The van der Waals surface area contributed by atoms with E-state index in [1.165, 1.54) is 16.6 Å². The van der Waals surface area contributed by atoms with Crippen molar-refractivity contribution in [3.05, 3.63) is 34.5 Å². The largest absolute Gasteiger partial charge is 0.393 e. The van der Waals surface area contributed by atoms with Crippen LogP contribution < -0.4 is 0 Å². The highest BCUT2D eigenvalue weighted by Crippen LogP contribution is 2.32. The van der Waals surface area contributed by atoms with E-state index in [0.717, 1.165) is 56.1 Å². The minimum atomic E-state index is -0.162. The number of aliphatic hydroxyl groups is 1. The van der Waals surface area contributed by atoms with Gasteiger partial charge in [0.2, 0.25) is 0 Å². The SMILES string of the molecule is CN1CCC(O)C(CN2CCc3[nH]c4c(Cl)cccc4c3C2)C1. The zero-order valence-corrected chi connectivity index (χ0v) is 14.3. The van der Waals surface area contributed by atoms with Crippen molar-refractivity contribution in [1.29, 1.82) is 0 Å². The molecule has 0 spiro atoms. The summed E-state index contributed by atoms with van der Waals surface area (Å²) in [4.78, 5) is 8.33. The lowest BCUT2D eigenvalue weighted by atomic mass is 9.93. The molecule has 1 fully saturated rings. The molecule has 2 unspecified atom stereocenters. The van der Waals surface area contributed by atoms with E-state index in [9.17, 15) is 5.11 Å². The van der Waals surface area contributed by atoms with Gasteiger partial charge in [-0.1, -0.05) is 23.7 Å². The van der Waals surface area contributed by atoms with Gasteiger partial charge in [-0.05, 0) is 25.1 Å². The van der Waals surface area contributed by atoms with E-state index in [1.807, 2.05) is 12.1 Å². The third-order valence-corrected chi connectivity index (χ3v) is 5.74. The van der Waals surface area contributed by atoms with E-state index in [0.29, 0.717) is 5.92 Å². The third kappa shape index (κ3) is 2.89. The van der Waals surface area contributed by atoms with Crippen molar-refractivity contribution in [3.63, 3.8) is 0 Å². The normalized spacial score (nSPS) is 26.6. The Morgan fingerprint density at radius 3 is 3.09 bits per heavy atom. The maximum atomic E-state index is 10.3. The molecule has 4 nitrogen and oxygen atoms in total. The number of rotatable bonds is 2. The minimum Gasteiger partial charge on any atom is -0.393 e. The highest BCUT2D eigenvalue weighted by Gasteiger charge is 2.29. The third-order valence-electron chi connectivity index (χ3n) is 5.43. The summed E-state index contributed by atoms with van der Waals surface area (Å²) >= 11 is 6.32. The van der Waals surface area contributed by atoms with Gasteiger partial charge in [-0.2, -0.15) is 0 Å². The van der Waals surface area contributed by atoms with E-state index in [1.54, 1.807) is 0 Å². The lowest BCUT2D eigenvalue weighted by Crippen LogP contribution is -2.47. The summed E-state index contributed by atoms with van der Waals surface area (Å²) in [6.07, 6.45) is 1.76. The summed E-state index contributed by atoms with van der Waals surface area (Å²) in [6.45, 7) is 4.96.